The molecule has 7 aromatic carbocycles. The Morgan fingerprint density at radius 1 is 0.396 bits per heavy atom. The summed E-state index contributed by atoms with van der Waals surface area (Å²) < 4.78 is 6.17. The maximum atomic E-state index is 8.73. The van der Waals surface area contributed by atoms with E-state index in [4.69, 9.17) is 30.2 Å². The van der Waals surface area contributed by atoms with E-state index in [0.717, 1.165) is 82.8 Å². The molecule has 9 aromatic rings. The van der Waals surface area contributed by atoms with Crippen LogP contribution in [0.5, 0.6) is 0 Å². The number of hydrogen-bond donors (Lipinski definition) is 2. The third-order valence-electron chi connectivity index (χ3n) is 10.0. The van der Waals surface area contributed by atoms with Crippen molar-refractivity contribution in [2.45, 2.75) is 0 Å². The third-order valence-corrected chi connectivity index (χ3v) is 10.0. The molecule has 0 saturated heterocycles. The van der Waals surface area contributed by atoms with E-state index in [0.29, 0.717) is 17.5 Å². The van der Waals surface area contributed by atoms with Gasteiger partial charge in [0.05, 0.1) is 11.4 Å². The molecular formula is C47H29N5O. The molecule has 0 atom stereocenters. The Morgan fingerprint density at radius 2 is 0.943 bits per heavy atom. The van der Waals surface area contributed by atoms with Gasteiger partial charge in [-0.1, -0.05) is 133 Å². The summed E-state index contributed by atoms with van der Waals surface area (Å²) in [6.45, 7) is 0. The number of aromatic nitrogens is 3. The fourth-order valence-electron chi connectivity index (χ4n) is 7.21. The van der Waals surface area contributed by atoms with E-state index in [1.807, 2.05) is 66.7 Å². The Bertz CT molecular complexity index is 2960. The second kappa shape index (κ2) is 12.2. The Labute approximate surface area is 304 Å². The quantitative estimate of drug-likeness (QED) is 0.189. The van der Waals surface area contributed by atoms with Crippen LogP contribution in [0, 0.1) is 10.8 Å². The first-order chi connectivity index (χ1) is 26.1. The van der Waals surface area contributed by atoms with Gasteiger partial charge in [0.1, 0.15) is 11.2 Å². The Hall–Kier alpha value is -7.31. The fraction of sp³-hybridized carbons (Fsp3) is 0. The van der Waals surface area contributed by atoms with Crippen LogP contribution in [0.3, 0.4) is 0 Å². The Balaban J connectivity index is 1.08. The lowest BCUT2D eigenvalue weighted by Gasteiger charge is -2.16. The van der Waals surface area contributed by atoms with E-state index in [1.165, 1.54) is 0 Å². The highest BCUT2D eigenvalue weighted by Gasteiger charge is 2.19. The molecule has 2 heterocycles. The number of allylic oxidation sites excluding steroid dienone is 1. The van der Waals surface area contributed by atoms with Gasteiger partial charge in [-0.05, 0) is 68.9 Å². The highest BCUT2D eigenvalue weighted by atomic mass is 16.3. The van der Waals surface area contributed by atoms with E-state index in [2.05, 4.69) is 91.0 Å². The second-order valence-electron chi connectivity index (χ2n) is 13.2. The molecule has 0 aliphatic heterocycles. The summed E-state index contributed by atoms with van der Waals surface area (Å²) in [7, 11) is 0. The normalized spacial score (nSPS) is 12.5. The molecular weight excluding hydrogens is 651 g/mol. The van der Waals surface area contributed by atoms with Crippen molar-refractivity contribution >= 4 is 50.2 Å². The molecule has 1 aliphatic carbocycles. The standard InChI is InChI=1S/C47H29N5O/c48-40-25-23-32-16-14-31-15-21-36(26-39(31)43(32)44(40)49)47-51-45(33-17-10-29(11-18-33)28-6-2-1-3-7-28)50-46(52-47)34-19-12-30(13-20-34)35-22-24-38-37-8-4-5-9-41(37)53-42(38)27-35/h1-27,48-49H. The number of hydrogen-bond acceptors (Lipinski definition) is 6. The number of para-hydroxylation sites is 1. The Morgan fingerprint density at radius 3 is 1.68 bits per heavy atom. The van der Waals surface area contributed by atoms with Crippen LogP contribution in [0.15, 0.2) is 162 Å². The molecule has 53 heavy (non-hydrogen) atoms. The van der Waals surface area contributed by atoms with E-state index in [-0.39, 0.29) is 11.4 Å². The van der Waals surface area contributed by atoms with Crippen molar-refractivity contribution in [2.24, 2.45) is 0 Å². The second-order valence-corrected chi connectivity index (χ2v) is 13.2. The van der Waals surface area contributed by atoms with E-state index in [9.17, 15) is 0 Å². The average molecular weight is 680 g/mol. The summed E-state index contributed by atoms with van der Waals surface area (Å²) >= 11 is 0. The molecule has 2 N–H and O–H groups in total. The number of nitrogens with one attached hydrogen (secondary N) is 2. The fourth-order valence-corrected chi connectivity index (χ4v) is 7.21. The highest BCUT2D eigenvalue weighted by molar-refractivity contribution is 6.53. The zero-order valence-corrected chi connectivity index (χ0v) is 28.3. The van der Waals surface area contributed by atoms with Gasteiger partial charge in [0.25, 0.3) is 0 Å². The molecule has 0 fully saturated rings. The molecule has 0 amide bonds. The molecule has 2 aromatic heterocycles. The topological polar surface area (TPSA) is 99.5 Å². The minimum absolute atomic E-state index is 0.194. The van der Waals surface area contributed by atoms with Crippen LogP contribution in [0.25, 0.3) is 95.2 Å². The van der Waals surface area contributed by atoms with Crippen molar-refractivity contribution < 1.29 is 4.42 Å². The Kier molecular flexibility index (Phi) is 7.01. The van der Waals surface area contributed by atoms with Gasteiger partial charge in [0.15, 0.2) is 17.5 Å². The monoisotopic (exact) mass is 679 g/mol. The first-order valence-electron chi connectivity index (χ1n) is 17.4. The van der Waals surface area contributed by atoms with Gasteiger partial charge in [0, 0.05) is 33.0 Å². The number of furan rings is 1. The number of fused-ring (bicyclic) bond motifs is 6. The van der Waals surface area contributed by atoms with Gasteiger partial charge in [-0.2, -0.15) is 0 Å². The lowest BCUT2D eigenvalue weighted by molar-refractivity contribution is 0.669. The van der Waals surface area contributed by atoms with Gasteiger partial charge in [0.2, 0.25) is 0 Å². The van der Waals surface area contributed by atoms with E-state index < -0.39 is 0 Å². The predicted octanol–water partition coefficient (Wildman–Crippen LogP) is 11.7. The molecule has 0 radical (unpaired) electrons. The van der Waals surface area contributed by atoms with Gasteiger partial charge in [-0.3, -0.25) is 10.8 Å². The smallest absolute Gasteiger partial charge is 0.164 e. The van der Waals surface area contributed by atoms with Crippen molar-refractivity contribution in [2.75, 3.05) is 0 Å². The lowest BCUT2D eigenvalue weighted by Crippen LogP contribution is -2.16. The number of benzene rings is 7. The first kappa shape index (κ1) is 30.5. The molecule has 1 aliphatic rings. The maximum absolute atomic E-state index is 8.73. The summed E-state index contributed by atoms with van der Waals surface area (Å²) in [5, 5.41) is 21.1. The van der Waals surface area contributed by atoms with Crippen LogP contribution in [0.1, 0.15) is 11.1 Å². The van der Waals surface area contributed by atoms with Crippen LogP contribution in [-0.4, -0.2) is 26.4 Å². The zero-order valence-electron chi connectivity index (χ0n) is 28.3. The van der Waals surface area contributed by atoms with Crippen LogP contribution in [0.2, 0.25) is 0 Å². The molecule has 0 unspecified atom stereocenters. The number of nitrogens with zero attached hydrogens (tertiary/aromatic N) is 3. The van der Waals surface area contributed by atoms with E-state index in [1.54, 1.807) is 6.08 Å². The molecule has 0 saturated carbocycles. The van der Waals surface area contributed by atoms with Crippen LogP contribution >= 0.6 is 0 Å². The number of rotatable bonds is 5. The van der Waals surface area contributed by atoms with Crippen molar-refractivity contribution in [1.29, 1.82) is 10.8 Å². The summed E-state index contributed by atoms with van der Waals surface area (Å²) in [6.07, 6.45) is 3.58. The third kappa shape index (κ3) is 5.32. The molecule has 248 valence electrons. The SMILES string of the molecule is N=C1C=Cc2ccc3ccc(-c4nc(-c5ccc(-c6ccccc6)cc5)nc(-c5ccc(-c6ccc7c(c6)oc6ccccc67)cc5)n4)cc3c2C1=N. The summed E-state index contributed by atoms with van der Waals surface area (Å²) in [5.74, 6) is 1.66. The largest absolute Gasteiger partial charge is 0.456 e. The summed E-state index contributed by atoms with van der Waals surface area (Å²) in [6, 6.07) is 51.5. The van der Waals surface area contributed by atoms with Crippen molar-refractivity contribution in [3.8, 4) is 56.4 Å². The van der Waals surface area contributed by atoms with Crippen molar-refractivity contribution in [1.82, 2.24) is 15.0 Å². The minimum atomic E-state index is 0.194. The maximum Gasteiger partial charge on any atom is 0.164 e. The van der Waals surface area contributed by atoms with Gasteiger partial charge >= 0.3 is 0 Å². The van der Waals surface area contributed by atoms with Crippen LogP contribution in [-0.2, 0) is 0 Å². The van der Waals surface area contributed by atoms with Gasteiger partial charge < -0.3 is 4.42 Å². The molecule has 6 nitrogen and oxygen atoms in total. The first-order valence-corrected chi connectivity index (χ1v) is 17.4. The average Bonchev–Trinajstić information content (AvgIpc) is 3.60. The molecule has 6 heteroatoms. The molecule has 0 spiro atoms. The lowest BCUT2D eigenvalue weighted by atomic mass is 9.89. The minimum Gasteiger partial charge on any atom is -0.456 e. The predicted molar refractivity (Wildman–Crippen MR) is 215 cm³/mol. The highest BCUT2D eigenvalue weighted by Crippen LogP contribution is 2.35. The van der Waals surface area contributed by atoms with Gasteiger partial charge in [-0.25, -0.2) is 15.0 Å². The molecule has 0 bridgehead atoms. The molecule has 10 rings (SSSR count). The zero-order chi connectivity index (χ0) is 35.5. The van der Waals surface area contributed by atoms with Crippen molar-refractivity contribution in [3.05, 3.63) is 169 Å². The van der Waals surface area contributed by atoms with Crippen molar-refractivity contribution in [3.63, 3.8) is 0 Å². The van der Waals surface area contributed by atoms with Crippen LogP contribution < -0.4 is 0 Å². The van der Waals surface area contributed by atoms with Crippen LogP contribution in [0.4, 0.5) is 0 Å². The van der Waals surface area contributed by atoms with Gasteiger partial charge in [-0.15, -0.1) is 0 Å². The summed E-state index contributed by atoms with van der Waals surface area (Å²) in [5.41, 5.74) is 10.7. The summed E-state index contributed by atoms with van der Waals surface area (Å²) in [4.78, 5) is 15.1. The van der Waals surface area contributed by atoms with E-state index >= 15 is 0 Å².